The zero-order valence-corrected chi connectivity index (χ0v) is 19.9. The summed E-state index contributed by atoms with van der Waals surface area (Å²) < 4.78 is 11.3. The van der Waals surface area contributed by atoms with Gasteiger partial charge in [0.1, 0.15) is 0 Å². The molecule has 0 radical (unpaired) electrons. The van der Waals surface area contributed by atoms with E-state index < -0.39 is 0 Å². The Balaban J connectivity index is 1.59. The minimum absolute atomic E-state index is 0.233. The fourth-order valence-corrected chi connectivity index (χ4v) is 3.73. The van der Waals surface area contributed by atoms with E-state index in [2.05, 4.69) is 55.3 Å². The van der Waals surface area contributed by atoms with Crippen LogP contribution in [0.1, 0.15) is 38.3 Å². The molecule has 0 atom stereocenters. The second-order valence-electron chi connectivity index (χ2n) is 7.85. The van der Waals surface area contributed by atoms with Crippen molar-refractivity contribution in [2.45, 2.75) is 33.6 Å². The topological polar surface area (TPSA) is 60.5 Å². The number of hydrogen-bond acceptors (Lipinski definition) is 5. The largest absolute Gasteiger partial charge is 0.493 e. The normalized spacial score (nSPS) is 11.2. The highest BCUT2D eigenvalue weighted by Gasteiger charge is 2.08. The SMILES string of the molecule is CCc1ccc(-c2csc(NC(=O)/C=C/c3ccc(OCCC(C)C)c(OC)c3)n2)cc1. The van der Waals surface area contributed by atoms with E-state index in [-0.39, 0.29) is 5.91 Å². The van der Waals surface area contributed by atoms with Crippen LogP contribution < -0.4 is 14.8 Å². The van der Waals surface area contributed by atoms with Crippen molar-refractivity contribution in [1.29, 1.82) is 0 Å². The van der Waals surface area contributed by atoms with E-state index in [0.29, 0.717) is 29.2 Å². The average molecular weight is 451 g/mol. The molecule has 0 spiro atoms. The minimum Gasteiger partial charge on any atom is -0.493 e. The first-order valence-corrected chi connectivity index (χ1v) is 11.7. The molecule has 0 aliphatic rings. The highest BCUT2D eigenvalue weighted by Crippen LogP contribution is 2.29. The van der Waals surface area contributed by atoms with Gasteiger partial charge in [-0.1, -0.05) is 51.1 Å². The van der Waals surface area contributed by atoms with Gasteiger partial charge in [-0.25, -0.2) is 4.98 Å². The summed E-state index contributed by atoms with van der Waals surface area (Å²) in [6.45, 7) is 7.10. The van der Waals surface area contributed by atoms with Crippen molar-refractivity contribution >= 4 is 28.5 Å². The molecule has 3 rings (SSSR count). The second-order valence-corrected chi connectivity index (χ2v) is 8.71. The van der Waals surface area contributed by atoms with Crippen molar-refractivity contribution in [3.63, 3.8) is 0 Å². The molecule has 5 nitrogen and oxygen atoms in total. The number of ether oxygens (including phenoxy) is 2. The van der Waals surface area contributed by atoms with Crippen LogP contribution in [0, 0.1) is 5.92 Å². The maximum atomic E-state index is 12.4. The molecule has 1 heterocycles. The lowest BCUT2D eigenvalue weighted by Crippen LogP contribution is -2.07. The number of nitrogens with one attached hydrogen (secondary N) is 1. The summed E-state index contributed by atoms with van der Waals surface area (Å²) in [4.78, 5) is 16.9. The molecule has 0 fully saturated rings. The molecule has 0 unspecified atom stereocenters. The van der Waals surface area contributed by atoms with Crippen LogP contribution in [-0.2, 0) is 11.2 Å². The van der Waals surface area contributed by atoms with E-state index in [4.69, 9.17) is 9.47 Å². The molecule has 1 aromatic heterocycles. The number of methoxy groups -OCH3 is 1. The molecular formula is C26H30N2O3S. The summed E-state index contributed by atoms with van der Waals surface area (Å²) in [7, 11) is 1.61. The molecule has 0 bridgehead atoms. The zero-order chi connectivity index (χ0) is 22.9. The number of carbonyl (C=O) groups excluding carboxylic acids is 1. The van der Waals surface area contributed by atoms with E-state index in [1.807, 2.05) is 23.6 Å². The van der Waals surface area contributed by atoms with Crippen molar-refractivity contribution in [3.8, 4) is 22.8 Å². The number of hydrogen-bond donors (Lipinski definition) is 1. The van der Waals surface area contributed by atoms with Crippen molar-refractivity contribution in [3.05, 3.63) is 65.0 Å². The van der Waals surface area contributed by atoms with Gasteiger partial charge in [-0.2, -0.15) is 0 Å². The predicted octanol–water partition coefficient (Wildman–Crippen LogP) is 6.46. The van der Waals surface area contributed by atoms with Crippen molar-refractivity contribution in [2.24, 2.45) is 5.92 Å². The van der Waals surface area contributed by atoms with Gasteiger partial charge in [0.25, 0.3) is 0 Å². The maximum absolute atomic E-state index is 12.4. The third-order valence-electron chi connectivity index (χ3n) is 4.96. The molecule has 2 aromatic carbocycles. The molecule has 0 saturated heterocycles. The van der Waals surface area contributed by atoms with Gasteiger partial charge in [-0.15, -0.1) is 11.3 Å². The molecule has 3 aromatic rings. The Morgan fingerprint density at radius 1 is 1.16 bits per heavy atom. The van der Waals surface area contributed by atoms with Crippen LogP contribution in [0.2, 0.25) is 0 Å². The summed E-state index contributed by atoms with van der Waals surface area (Å²) in [6, 6.07) is 13.9. The number of benzene rings is 2. The standard InChI is InChI=1S/C26H30N2O3S/c1-5-19-6-10-21(11-7-19)22-17-32-26(27-22)28-25(29)13-9-20-8-12-23(24(16-20)30-4)31-15-14-18(2)3/h6-13,16-18H,5,14-15H2,1-4H3,(H,27,28,29)/b13-9+. The van der Waals surface area contributed by atoms with Crippen LogP contribution in [-0.4, -0.2) is 24.6 Å². The van der Waals surface area contributed by atoms with Crippen LogP contribution in [0.25, 0.3) is 17.3 Å². The Bertz CT molecular complexity index is 1060. The summed E-state index contributed by atoms with van der Waals surface area (Å²) in [5.41, 5.74) is 4.03. The summed E-state index contributed by atoms with van der Waals surface area (Å²) in [5, 5.41) is 5.35. The lowest BCUT2D eigenvalue weighted by atomic mass is 10.1. The quantitative estimate of drug-likeness (QED) is 0.360. The highest BCUT2D eigenvalue weighted by atomic mass is 32.1. The second kappa shape index (κ2) is 11.5. The smallest absolute Gasteiger partial charge is 0.250 e. The summed E-state index contributed by atoms with van der Waals surface area (Å²) in [5.74, 6) is 1.70. The fourth-order valence-electron chi connectivity index (χ4n) is 3.01. The van der Waals surface area contributed by atoms with Gasteiger partial charge in [0.2, 0.25) is 5.91 Å². The van der Waals surface area contributed by atoms with E-state index in [0.717, 1.165) is 29.7 Å². The number of carbonyl (C=O) groups is 1. The Morgan fingerprint density at radius 2 is 1.94 bits per heavy atom. The summed E-state index contributed by atoms with van der Waals surface area (Å²) >= 11 is 1.41. The Hall–Kier alpha value is -3.12. The zero-order valence-electron chi connectivity index (χ0n) is 19.1. The Labute approximate surface area is 194 Å². The molecule has 32 heavy (non-hydrogen) atoms. The average Bonchev–Trinajstić information content (AvgIpc) is 3.26. The van der Waals surface area contributed by atoms with Crippen LogP contribution >= 0.6 is 11.3 Å². The van der Waals surface area contributed by atoms with Crippen molar-refractivity contribution in [1.82, 2.24) is 4.98 Å². The first-order chi connectivity index (χ1) is 15.5. The lowest BCUT2D eigenvalue weighted by molar-refractivity contribution is -0.111. The lowest BCUT2D eigenvalue weighted by Gasteiger charge is -2.12. The third-order valence-corrected chi connectivity index (χ3v) is 5.72. The Kier molecular flexibility index (Phi) is 8.45. The molecule has 1 N–H and O–H groups in total. The van der Waals surface area contributed by atoms with E-state index in [1.165, 1.54) is 23.0 Å². The monoisotopic (exact) mass is 450 g/mol. The number of anilines is 1. The van der Waals surface area contributed by atoms with Crippen LogP contribution in [0.15, 0.2) is 53.9 Å². The van der Waals surface area contributed by atoms with E-state index in [9.17, 15) is 4.79 Å². The number of amides is 1. The molecule has 0 aliphatic heterocycles. The van der Waals surface area contributed by atoms with Gasteiger partial charge in [0.15, 0.2) is 16.6 Å². The van der Waals surface area contributed by atoms with Gasteiger partial charge < -0.3 is 9.47 Å². The highest BCUT2D eigenvalue weighted by molar-refractivity contribution is 7.14. The fraction of sp³-hybridized carbons (Fsp3) is 0.308. The number of aryl methyl sites for hydroxylation is 1. The molecular weight excluding hydrogens is 420 g/mol. The van der Waals surface area contributed by atoms with Crippen LogP contribution in [0.3, 0.4) is 0 Å². The number of thiazole rings is 1. The van der Waals surface area contributed by atoms with Crippen LogP contribution in [0.4, 0.5) is 5.13 Å². The first kappa shape index (κ1) is 23.5. The van der Waals surface area contributed by atoms with E-state index >= 15 is 0 Å². The van der Waals surface area contributed by atoms with Crippen LogP contribution in [0.5, 0.6) is 11.5 Å². The van der Waals surface area contributed by atoms with Gasteiger partial charge in [0, 0.05) is 17.0 Å². The Morgan fingerprint density at radius 3 is 2.62 bits per heavy atom. The molecule has 168 valence electrons. The van der Waals surface area contributed by atoms with Crippen molar-refractivity contribution in [2.75, 3.05) is 19.0 Å². The molecule has 0 aliphatic carbocycles. The number of nitrogens with zero attached hydrogens (tertiary/aromatic N) is 1. The molecule has 1 amide bonds. The van der Waals surface area contributed by atoms with Gasteiger partial charge in [0.05, 0.1) is 19.4 Å². The predicted molar refractivity (Wildman–Crippen MR) is 133 cm³/mol. The summed E-state index contributed by atoms with van der Waals surface area (Å²) in [6.07, 6.45) is 5.22. The number of rotatable bonds is 10. The van der Waals surface area contributed by atoms with Gasteiger partial charge in [-0.3, -0.25) is 10.1 Å². The van der Waals surface area contributed by atoms with Gasteiger partial charge in [-0.05, 0) is 48.1 Å². The minimum atomic E-state index is -0.233. The van der Waals surface area contributed by atoms with Gasteiger partial charge >= 0.3 is 0 Å². The third kappa shape index (κ3) is 6.69. The van der Waals surface area contributed by atoms with Crippen molar-refractivity contribution < 1.29 is 14.3 Å². The first-order valence-electron chi connectivity index (χ1n) is 10.8. The maximum Gasteiger partial charge on any atom is 0.250 e. The number of aromatic nitrogens is 1. The molecule has 6 heteroatoms. The molecule has 0 saturated carbocycles. The van der Waals surface area contributed by atoms with E-state index in [1.54, 1.807) is 13.2 Å².